The fourth-order valence-electron chi connectivity index (χ4n) is 1.89. The van der Waals surface area contributed by atoms with Crippen LogP contribution in [0.2, 0.25) is 0 Å². The van der Waals surface area contributed by atoms with Crippen LogP contribution in [0.15, 0.2) is 24.3 Å². The maximum absolute atomic E-state index is 8.83. The second-order valence-corrected chi connectivity index (χ2v) is 5.19. The normalized spacial score (nSPS) is 10.7. The van der Waals surface area contributed by atoms with E-state index in [2.05, 4.69) is 16.4 Å². The summed E-state index contributed by atoms with van der Waals surface area (Å²) in [6.45, 7) is 0.206. The number of rotatable bonds is 6. The van der Waals surface area contributed by atoms with E-state index in [1.54, 1.807) is 18.9 Å². The summed E-state index contributed by atoms with van der Waals surface area (Å²) in [5.41, 5.74) is 2.07. The SMILES string of the molecule is CNc1nc2cc(OC)ccc2cc1CSCCO. The fourth-order valence-corrected chi connectivity index (χ4v) is 2.60. The molecule has 0 spiro atoms. The topological polar surface area (TPSA) is 54.4 Å². The first-order valence-electron chi connectivity index (χ1n) is 6.12. The Balaban J connectivity index is 2.35. The van der Waals surface area contributed by atoms with Crippen molar-refractivity contribution < 1.29 is 9.84 Å². The molecular formula is C14H18N2O2S. The van der Waals surface area contributed by atoms with Gasteiger partial charge in [-0.1, -0.05) is 0 Å². The number of aromatic nitrogens is 1. The molecule has 5 heteroatoms. The molecule has 2 aromatic rings. The van der Waals surface area contributed by atoms with E-state index in [1.807, 2.05) is 25.2 Å². The minimum atomic E-state index is 0.206. The van der Waals surface area contributed by atoms with Gasteiger partial charge in [0.05, 0.1) is 19.2 Å². The van der Waals surface area contributed by atoms with Crippen molar-refractivity contribution in [2.45, 2.75) is 5.75 Å². The van der Waals surface area contributed by atoms with Crippen LogP contribution in [0.3, 0.4) is 0 Å². The number of methoxy groups -OCH3 is 1. The van der Waals surface area contributed by atoms with Crippen LogP contribution in [0.25, 0.3) is 10.9 Å². The molecule has 0 amide bonds. The van der Waals surface area contributed by atoms with Crippen molar-refractivity contribution in [2.75, 3.05) is 31.8 Å². The summed E-state index contributed by atoms with van der Waals surface area (Å²) in [6.07, 6.45) is 0. The third-order valence-corrected chi connectivity index (χ3v) is 3.82. The lowest BCUT2D eigenvalue weighted by Gasteiger charge is -2.10. The van der Waals surface area contributed by atoms with Gasteiger partial charge in [0.1, 0.15) is 11.6 Å². The van der Waals surface area contributed by atoms with E-state index in [0.29, 0.717) is 0 Å². The number of benzene rings is 1. The van der Waals surface area contributed by atoms with Crippen molar-refractivity contribution in [2.24, 2.45) is 0 Å². The van der Waals surface area contributed by atoms with Gasteiger partial charge in [-0.15, -0.1) is 0 Å². The number of pyridine rings is 1. The quantitative estimate of drug-likeness (QED) is 0.795. The van der Waals surface area contributed by atoms with Gasteiger partial charge < -0.3 is 15.2 Å². The summed E-state index contributed by atoms with van der Waals surface area (Å²) in [4.78, 5) is 4.61. The van der Waals surface area contributed by atoms with E-state index in [1.165, 1.54) is 0 Å². The third kappa shape index (κ3) is 3.30. The standard InChI is InChI=1S/C14H18N2O2S/c1-15-14-11(9-19-6-5-17)7-10-3-4-12(18-2)8-13(10)16-14/h3-4,7-8,17H,5-6,9H2,1-2H3,(H,15,16). The van der Waals surface area contributed by atoms with Crippen molar-refractivity contribution in [3.8, 4) is 5.75 Å². The number of nitrogens with one attached hydrogen (secondary N) is 1. The lowest BCUT2D eigenvalue weighted by molar-refractivity contribution is 0.322. The van der Waals surface area contributed by atoms with Crippen molar-refractivity contribution in [1.82, 2.24) is 4.98 Å². The summed E-state index contributed by atoms with van der Waals surface area (Å²) in [6, 6.07) is 8.02. The number of anilines is 1. The minimum absolute atomic E-state index is 0.206. The number of ether oxygens (including phenoxy) is 1. The Morgan fingerprint density at radius 3 is 2.89 bits per heavy atom. The molecular weight excluding hydrogens is 260 g/mol. The summed E-state index contributed by atoms with van der Waals surface area (Å²) < 4.78 is 5.21. The van der Waals surface area contributed by atoms with Crippen LogP contribution in [-0.2, 0) is 5.75 Å². The number of nitrogens with zero attached hydrogens (tertiary/aromatic N) is 1. The van der Waals surface area contributed by atoms with Crippen LogP contribution in [0, 0.1) is 0 Å². The molecule has 0 radical (unpaired) electrons. The van der Waals surface area contributed by atoms with Gasteiger partial charge in [0.15, 0.2) is 0 Å². The monoisotopic (exact) mass is 278 g/mol. The number of thioether (sulfide) groups is 1. The maximum Gasteiger partial charge on any atom is 0.130 e. The highest BCUT2D eigenvalue weighted by atomic mass is 32.2. The first-order valence-corrected chi connectivity index (χ1v) is 7.28. The predicted octanol–water partition coefficient (Wildman–Crippen LogP) is 2.51. The average molecular weight is 278 g/mol. The van der Waals surface area contributed by atoms with Gasteiger partial charge >= 0.3 is 0 Å². The summed E-state index contributed by atoms with van der Waals surface area (Å²) in [5, 5.41) is 13.1. The Bertz CT molecular complexity index is 560. The molecule has 1 aromatic carbocycles. The molecule has 102 valence electrons. The number of hydrogen-bond donors (Lipinski definition) is 2. The molecule has 2 rings (SSSR count). The van der Waals surface area contributed by atoms with Gasteiger partial charge in [-0.3, -0.25) is 0 Å². The highest BCUT2D eigenvalue weighted by molar-refractivity contribution is 7.98. The molecule has 0 fully saturated rings. The zero-order valence-electron chi connectivity index (χ0n) is 11.1. The average Bonchev–Trinajstić information content (AvgIpc) is 2.46. The second-order valence-electron chi connectivity index (χ2n) is 4.08. The van der Waals surface area contributed by atoms with Crippen molar-refractivity contribution in [1.29, 1.82) is 0 Å². The summed E-state index contributed by atoms with van der Waals surface area (Å²) >= 11 is 1.70. The highest BCUT2D eigenvalue weighted by Gasteiger charge is 2.07. The predicted molar refractivity (Wildman–Crippen MR) is 81.1 cm³/mol. The van der Waals surface area contributed by atoms with Gasteiger partial charge in [0, 0.05) is 35.6 Å². The maximum atomic E-state index is 8.83. The van der Waals surface area contributed by atoms with Crippen LogP contribution < -0.4 is 10.1 Å². The molecule has 1 aromatic heterocycles. The van der Waals surface area contributed by atoms with Gasteiger partial charge in [-0.2, -0.15) is 11.8 Å². The zero-order chi connectivity index (χ0) is 13.7. The van der Waals surface area contributed by atoms with Gasteiger partial charge in [0.2, 0.25) is 0 Å². The Labute approximate surface area is 117 Å². The molecule has 0 aliphatic heterocycles. The molecule has 0 atom stereocenters. The van der Waals surface area contributed by atoms with Gasteiger partial charge in [-0.05, 0) is 18.2 Å². The van der Waals surface area contributed by atoms with Gasteiger partial charge in [-0.25, -0.2) is 4.98 Å². The summed E-state index contributed by atoms with van der Waals surface area (Å²) in [5.74, 6) is 3.27. The molecule has 4 nitrogen and oxygen atoms in total. The molecule has 1 heterocycles. The Morgan fingerprint density at radius 2 is 2.21 bits per heavy atom. The first-order chi connectivity index (χ1) is 9.28. The number of fused-ring (bicyclic) bond motifs is 1. The molecule has 2 N–H and O–H groups in total. The van der Waals surface area contributed by atoms with E-state index < -0.39 is 0 Å². The van der Waals surface area contributed by atoms with E-state index in [4.69, 9.17) is 9.84 Å². The molecule has 0 unspecified atom stereocenters. The van der Waals surface area contributed by atoms with Crippen LogP contribution >= 0.6 is 11.8 Å². The van der Waals surface area contributed by atoms with Crippen molar-refractivity contribution >= 4 is 28.5 Å². The van der Waals surface area contributed by atoms with E-state index in [-0.39, 0.29) is 6.61 Å². The first kappa shape index (κ1) is 14.0. The Hall–Kier alpha value is -1.46. The summed E-state index contributed by atoms with van der Waals surface area (Å²) in [7, 11) is 3.52. The van der Waals surface area contributed by atoms with Crippen LogP contribution in [0.5, 0.6) is 5.75 Å². The molecule has 0 saturated carbocycles. The number of aliphatic hydroxyl groups excluding tert-OH is 1. The van der Waals surface area contributed by atoms with E-state index >= 15 is 0 Å². The fraction of sp³-hybridized carbons (Fsp3) is 0.357. The molecule has 0 aliphatic carbocycles. The van der Waals surface area contributed by atoms with Crippen LogP contribution in [-0.4, -0.2) is 36.6 Å². The lowest BCUT2D eigenvalue weighted by Crippen LogP contribution is -1.99. The third-order valence-electron chi connectivity index (χ3n) is 2.83. The Kier molecular flexibility index (Phi) is 4.87. The zero-order valence-corrected chi connectivity index (χ0v) is 12.0. The van der Waals surface area contributed by atoms with Crippen molar-refractivity contribution in [3.63, 3.8) is 0 Å². The van der Waals surface area contributed by atoms with Crippen LogP contribution in [0.1, 0.15) is 5.56 Å². The largest absolute Gasteiger partial charge is 0.497 e. The molecule has 19 heavy (non-hydrogen) atoms. The Morgan fingerprint density at radius 1 is 1.37 bits per heavy atom. The second kappa shape index (κ2) is 6.63. The smallest absolute Gasteiger partial charge is 0.130 e. The van der Waals surface area contributed by atoms with E-state index in [0.717, 1.165) is 39.5 Å². The van der Waals surface area contributed by atoms with Gasteiger partial charge in [0.25, 0.3) is 0 Å². The minimum Gasteiger partial charge on any atom is -0.497 e. The lowest BCUT2D eigenvalue weighted by atomic mass is 10.1. The molecule has 0 bridgehead atoms. The number of aliphatic hydroxyl groups is 1. The van der Waals surface area contributed by atoms with Crippen molar-refractivity contribution in [3.05, 3.63) is 29.8 Å². The van der Waals surface area contributed by atoms with E-state index in [9.17, 15) is 0 Å². The highest BCUT2D eigenvalue weighted by Crippen LogP contribution is 2.26. The molecule has 0 saturated heterocycles. The molecule has 0 aliphatic rings. The number of hydrogen-bond acceptors (Lipinski definition) is 5. The van der Waals surface area contributed by atoms with Crippen LogP contribution in [0.4, 0.5) is 5.82 Å².